The van der Waals surface area contributed by atoms with Gasteiger partial charge in [0, 0.05) is 14.1 Å². The molecule has 4 rings (SSSR count). The Morgan fingerprint density at radius 2 is 1.64 bits per heavy atom. The Labute approximate surface area is 159 Å². The Morgan fingerprint density at radius 3 is 2.36 bits per heavy atom. The summed E-state index contributed by atoms with van der Waals surface area (Å²) in [5.41, 5.74) is 2.83. The molecule has 0 saturated carbocycles. The van der Waals surface area contributed by atoms with E-state index in [1.807, 2.05) is 0 Å². The van der Waals surface area contributed by atoms with Gasteiger partial charge in [-0.3, -0.25) is 18.8 Å². The first-order valence-electron chi connectivity index (χ1n) is 8.59. The van der Waals surface area contributed by atoms with Crippen LogP contribution in [0, 0.1) is 5.82 Å². The number of urea groups is 1. The molecule has 8 heteroatoms. The monoisotopic (exact) mass is 380 g/mol. The average Bonchev–Trinajstić information content (AvgIpc) is 3.06. The fraction of sp³-hybridized carbons (Fsp3) is 0.150. The summed E-state index contributed by atoms with van der Waals surface area (Å²) in [6, 6.07) is 10.4. The van der Waals surface area contributed by atoms with Gasteiger partial charge in [0.05, 0.1) is 17.6 Å². The SMILES string of the molecule is Cn1c(=O)n(C)c2cc(/C=C3/NC(=O)N(Cc4ccc(F)cc4)C3=O)ccc21. The number of imidazole rings is 1. The van der Waals surface area contributed by atoms with Gasteiger partial charge in [0.15, 0.2) is 0 Å². The molecule has 1 fully saturated rings. The maximum absolute atomic E-state index is 13.0. The zero-order valence-corrected chi connectivity index (χ0v) is 15.3. The van der Waals surface area contributed by atoms with Gasteiger partial charge in [-0.2, -0.15) is 0 Å². The van der Waals surface area contributed by atoms with E-state index in [0.717, 1.165) is 15.9 Å². The van der Waals surface area contributed by atoms with E-state index in [4.69, 9.17) is 0 Å². The van der Waals surface area contributed by atoms with Crippen LogP contribution in [0.4, 0.5) is 9.18 Å². The molecule has 3 amide bonds. The molecule has 3 aromatic rings. The van der Waals surface area contributed by atoms with Crippen LogP contribution in [-0.4, -0.2) is 26.0 Å². The molecular formula is C20H17FN4O3. The summed E-state index contributed by atoms with van der Waals surface area (Å²) in [7, 11) is 3.37. The zero-order valence-electron chi connectivity index (χ0n) is 15.3. The molecule has 0 spiro atoms. The van der Waals surface area contributed by atoms with Crippen LogP contribution in [0.1, 0.15) is 11.1 Å². The topological polar surface area (TPSA) is 76.3 Å². The van der Waals surface area contributed by atoms with Crippen molar-refractivity contribution in [2.75, 3.05) is 0 Å². The minimum Gasteiger partial charge on any atom is -0.303 e. The van der Waals surface area contributed by atoms with Crippen molar-refractivity contribution in [2.45, 2.75) is 6.54 Å². The van der Waals surface area contributed by atoms with Crippen LogP contribution in [0.25, 0.3) is 17.1 Å². The molecule has 7 nitrogen and oxygen atoms in total. The van der Waals surface area contributed by atoms with Gasteiger partial charge < -0.3 is 5.32 Å². The van der Waals surface area contributed by atoms with Crippen LogP contribution in [0.3, 0.4) is 0 Å². The lowest BCUT2D eigenvalue weighted by Gasteiger charge is -2.11. The van der Waals surface area contributed by atoms with E-state index in [1.54, 1.807) is 42.9 Å². The zero-order chi connectivity index (χ0) is 20.0. The highest BCUT2D eigenvalue weighted by Crippen LogP contribution is 2.20. The Morgan fingerprint density at radius 1 is 0.964 bits per heavy atom. The van der Waals surface area contributed by atoms with Crippen molar-refractivity contribution in [1.29, 1.82) is 0 Å². The van der Waals surface area contributed by atoms with Gasteiger partial charge in [-0.25, -0.2) is 14.0 Å². The van der Waals surface area contributed by atoms with Crippen molar-refractivity contribution in [3.63, 3.8) is 0 Å². The molecule has 0 atom stereocenters. The summed E-state index contributed by atoms with van der Waals surface area (Å²) in [6.07, 6.45) is 1.57. The average molecular weight is 380 g/mol. The van der Waals surface area contributed by atoms with Crippen molar-refractivity contribution in [2.24, 2.45) is 14.1 Å². The molecule has 1 N–H and O–H groups in total. The first kappa shape index (κ1) is 17.7. The number of fused-ring (bicyclic) bond motifs is 1. The number of aryl methyl sites for hydroxylation is 2. The lowest BCUT2D eigenvalue weighted by Crippen LogP contribution is -2.30. The third-order valence-electron chi connectivity index (χ3n) is 4.82. The Bertz CT molecular complexity index is 1200. The lowest BCUT2D eigenvalue weighted by atomic mass is 10.1. The van der Waals surface area contributed by atoms with E-state index in [-0.39, 0.29) is 23.7 Å². The number of hydrogen-bond acceptors (Lipinski definition) is 3. The number of aromatic nitrogens is 2. The fourth-order valence-electron chi connectivity index (χ4n) is 3.27. The van der Waals surface area contributed by atoms with Crippen LogP contribution in [0.5, 0.6) is 0 Å². The number of amides is 3. The van der Waals surface area contributed by atoms with Gasteiger partial charge in [-0.15, -0.1) is 0 Å². The molecule has 1 aromatic heterocycles. The van der Waals surface area contributed by atoms with E-state index >= 15 is 0 Å². The Hall–Kier alpha value is -3.68. The molecule has 0 radical (unpaired) electrons. The van der Waals surface area contributed by atoms with Crippen molar-refractivity contribution in [3.8, 4) is 0 Å². The van der Waals surface area contributed by atoms with Gasteiger partial charge in [0.2, 0.25) is 0 Å². The van der Waals surface area contributed by atoms with Crippen molar-refractivity contribution >= 4 is 29.0 Å². The highest BCUT2D eigenvalue weighted by Gasteiger charge is 2.33. The maximum atomic E-state index is 13.0. The van der Waals surface area contributed by atoms with E-state index in [2.05, 4.69) is 5.32 Å². The van der Waals surface area contributed by atoms with Crippen molar-refractivity contribution in [1.82, 2.24) is 19.4 Å². The standard InChI is InChI=1S/C20H17FN4O3/c1-23-16-8-5-13(10-17(16)24(2)20(23)28)9-15-18(26)25(19(27)22-15)11-12-3-6-14(21)7-4-12/h3-10H,11H2,1-2H3,(H,22,27)/b15-9+. The summed E-state index contributed by atoms with van der Waals surface area (Å²) < 4.78 is 16.1. The van der Waals surface area contributed by atoms with Crippen LogP contribution in [0.2, 0.25) is 0 Å². The summed E-state index contributed by atoms with van der Waals surface area (Å²) in [6.45, 7) is 0.0501. The molecule has 0 bridgehead atoms. The quantitative estimate of drug-likeness (QED) is 0.559. The van der Waals surface area contributed by atoms with E-state index < -0.39 is 11.9 Å². The molecular weight excluding hydrogens is 363 g/mol. The summed E-state index contributed by atoms with van der Waals surface area (Å²) in [4.78, 5) is 37.9. The van der Waals surface area contributed by atoms with E-state index in [1.165, 1.54) is 28.8 Å². The lowest BCUT2D eigenvalue weighted by molar-refractivity contribution is -0.123. The highest BCUT2D eigenvalue weighted by molar-refractivity contribution is 6.14. The number of nitrogens with zero attached hydrogens (tertiary/aromatic N) is 3. The van der Waals surface area contributed by atoms with E-state index in [9.17, 15) is 18.8 Å². The van der Waals surface area contributed by atoms with Gasteiger partial charge in [-0.05, 0) is 41.5 Å². The molecule has 2 heterocycles. The maximum Gasteiger partial charge on any atom is 0.329 e. The highest BCUT2D eigenvalue weighted by atomic mass is 19.1. The first-order chi connectivity index (χ1) is 13.3. The number of halogens is 1. The number of rotatable bonds is 3. The molecule has 1 aliphatic rings. The summed E-state index contributed by atoms with van der Waals surface area (Å²) in [5, 5.41) is 2.56. The van der Waals surface area contributed by atoms with Crippen LogP contribution in [-0.2, 0) is 25.4 Å². The Kier molecular flexibility index (Phi) is 4.11. The van der Waals surface area contributed by atoms with Crippen LogP contribution >= 0.6 is 0 Å². The number of carbonyl (C=O) groups is 2. The molecule has 2 aromatic carbocycles. The largest absolute Gasteiger partial charge is 0.329 e. The second-order valence-corrected chi connectivity index (χ2v) is 6.65. The molecule has 0 unspecified atom stereocenters. The number of carbonyl (C=O) groups excluding carboxylic acids is 2. The summed E-state index contributed by atoms with van der Waals surface area (Å²) >= 11 is 0. The minimum absolute atomic E-state index is 0.0501. The normalized spacial score (nSPS) is 15.7. The molecule has 1 aliphatic heterocycles. The van der Waals surface area contributed by atoms with Gasteiger partial charge in [-0.1, -0.05) is 18.2 Å². The molecule has 28 heavy (non-hydrogen) atoms. The second kappa shape index (κ2) is 6.49. The minimum atomic E-state index is -0.534. The smallest absolute Gasteiger partial charge is 0.303 e. The fourth-order valence-corrected chi connectivity index (χ4v) is 3.27. The number of benzene rings is 2. The van der Waals surface area contributed by atoms with Gasteiger partial charge >= 0.3 is 11.7 Å². The second-order valence-electron chi connectivity index (χ2n) is 6.65. The summed E-state index contributed by atoms with van der Waals surface area (Å²) in [5.74, 6) is -0.844. The predicted molar refractivity (Wildman–Crippen MR) is 102 cm³/mol. The number of hydrogen-bond donors (Lipinski definition) is 1. The molecule has 142 valence electrons. The first-order valence-corrected chi connectivity index (χ1v) is 8.59. The van der Waals surface area contributed by atoms with Crippen LogP contribution < -0.4 is 11.0 Å². The van der Waals surface area contributed by atoms with Gasteiger partial charge in [0.1, 0.15) is 11.5 Å². The number of imide groups is 1. The van der Waals surface area contributed by atoms with Crippen LogP contribution in [0.15, 0.2) is 53.0 Å². The Balaban J connectivity index is 1.63. The van der Waals surface area contributed by atoms with Crippen molar-refractivity contribution < 1.29 is 14.0 Å². The number of nitrogens with one attached hydrogen (secondary N) is 1. The van der Waals surface area contributed by atoms with E-state index in [0.29, 0.717) is 11.1 Å². The predicted octanol–water partition coefficient (Wildman–Crippen LogP) is 2.11. The van der Waals surface area contributed by atoms with Gasteiger partial charge in [0.25, 0.3) is 5.91 Å². The van der Waals surface area contributed by atoms with Crippen molar-refractivity contribution in [3.05, 3.63) is 75.6 Å². The molecule has 0 aliphatic carbocycles. The third-order valence-corrected chi connectivity index (χ3v) is 4.82. The molecule has 1 saturated heterocycles. The third kappa shape index (κ3) is 2.88.